The lowest BCUT2D eigenvalue weighted by molar-refractivity contribution is -0.140. The largest absolute Gasteiger partial charge is 0.340 e. The van der Waals surface area contributed by atoms with Gasteiger partial charge in [-0.25, -0.2) is 0 Å². The molecule has 4 heteroatoms. The maximum atomic E-state index is 12.6. The number of hydrogen-bond acceptors (Lipinski definition) is 2. The Labute approximate surface area is 119 Å². The first kappa shape index (κ1) is 14.3. The molecule has 3 nitrogen and oxygen atoms in total. The number of nitrogens with zero attached hydrogens (tertiary/aromatic N) is 2. The van der Waals surface area contributed by atoms with Crippen LogP contribution in [0.15, 0.2) is 0 Å². The van der Waals surface area contributed by atoms with E-state index in [9.17, 15) is 4.79 Å². The van der Waals surface area contributed by atoms with Crippen molar-refractivity contribution in [3.05, 3.63) is 0 Å². The van der Waals surface area contributed by atoms with Crippen molar-refractivity contribution in [2.45, 2.75) is 33.1 Å². The van der Waals surface area contributed by atoms with Crippen molar-refractivity contribution >= 4 is 21.8 Å². The first-order valence-corrected chi connectivity index (χ1v) is 8.24. The van der Waals surface area contributed by atoms with Gasteiger partial charge in [0.25, 0.3) is 0 Å². The minimum absolute atomic E-state index is 0.212. The van der Waals surface area contributed by atoms with Gasteiger partial charge in [0.2, 0.25) is 5.91 Å². The van der Waals surface area contributed by atoms with E-state index in [1.165, 1.54) is 12.8 Å². The third-order valence-corrected chi connectivity index (χ3v) is 4.99. The second-order valence-corrected chi connectivity index (χ2v) is 7.08. The summed E-state index contributed by atoms with van der Waals surface area (Å²) in [6, 6.07) is 0. The van der Waals surface area contributed by atoms with Gasteiger partial charge in [0, 0.05) is 44.0 Å². The molecule has 2 aliphatic rings. The third kappa shape index (κ3) is 3.08. The zero-order chi connectivity index (χ0) is 13.2. The molecule has 1 amide bonds. The molecule has 1 atom stereocenters. The average Bonchev–Trinajstić information content (AvgIpc) is 2.69. The number of halogens is 1. The topological polar surface area (TPSA) is 23.6 Å². The maximum Gasteiger partial charge on any atom is 0.226 e. The fourth-order valence-corrected chi connectivity index (χ4v) is 3.82. The van der Waals surface area contributed by atoms with E-state index >= 15 is 0 Å². The highest BCUT2D eigenvalue weighted by atomic mass is 79.9. The van der Waals surface area contributed by atoms with Gasteiger partial charge < -0.3 is 4.90 Å². The van der Waals surface area contributed by atoms with Gasteiger partial charge in [-0.15, -0.1) is 0 Å². The van der Waals surface area contributed by atoms with Gasteiger partial charge in [0.15, 0.2) is 0 Å². The van der Waals surface area contributed by atoms with Crippen molar-refractivity contribution in [2.75, 3.05) is 38.1 Å². The number of carbonyl (C=O) groups is 1. The lowest BCUT2D eigenvalue weighted by Crippen LogP contribution is -2.51. The molecule has 0 bridgehead atoms. The van der Waals surface area contributed by atoms with E-state index in [2.05, 4.69) is 39.6 Å². The van der Waals surface area contributed by atoms with Crippen LogP contribution in [0, 0.1) is 11.3 Å². The van der Waals surface area contributed by atoms with Crippen molar-refractivity contribution in [1.29, 1.82) is 0 Å². The molecule has 2 rings (SSSR count). The summed E-state index contributed by atoms with van der Waals surface area (Å²) in [5.41, 5.74) is 0.212. The van der Waals surface area contributed by atoms with Gasteiger partial charge in [0.1, 0.15) is 0 Å². The van der Waals surface area contributed by atoms with E-state index in [0.29, 0.717) is 5.91 Å². The van der Waals surface area contributed by atoms with Gasteiger partial charge >= 0.3 is 0 Å². The smallest absolute Gasteiger partial charge is 0.226 e. The third-order valence-electron chi connectivity index (χ3n) is 4.64. The van der Waals surface area contributed by atoms with Crippen LogP contribution in [0.25, 0.3) is 0 Å². The highest BCUT2D eigenvalue weighted by Gasteiger charge is 2.41. The highest BCUT2D eigenvalue weighted by molar-refractivity contribution is 9.09. The second-order valence-electron chi connectivity index (χ2n) is 6.29. The number of rotatable bonds is 3. The Kier molecular flexibility index (Phi) is 4.70. The van der Waals surface area contributed by atoms with Crippen molar-refractivity contribution in [3.8, 4) is 0 Å². The van der Waals surface area contributed by atoms with E-state index in [4.69, 9.17) is 0 Å². The zero-order valence-corrected chi connectivity index (χ0v) is 13.2. The summed E-state index contributed by atoms with van der Waals surface area (Å²) < 4.78 is 0. The number of carbonyl (C=O) groups excluding carboxylic acids is 1. The van der Waals surface area contributed by atoms with Crippen LogP contribution in [0.5, 0.6) is 0 Å². The molecule has 104 valence electrons. The lowest BCUT2D eigenvalue weighted by Gasteiger charge is -2.38. The van der Waals surface area contributed by atoms with Crippen LogP contribution in [0.1, 0.15) is 33.1 Å². The van der Waals surface area contributed by atoms with Crippen molar-refractivity contribution < 1.29 is 4.79 Å². The standard InChI is InChI=1S/C14H25BrN2O/c1-14(2)5-3-4-12(14)13(18)17-10-8-16(7-6-15)9-11-17/h12H,3-11H2,1-2H3. The number of alkyl halides is 1. The van der Waals surface area contributed by atoms with E-state index in [1.807, 2.05) is 0 Å². The van der Waals surface area contributed by atoms with Crippen LogP contribution in [0.4, 0.5) is 0 Å². The van der Waals surface area contributed by atoms with Crippen LogP contribution < -0.4 is 0 Å². The monoisotopic (exact) mass is 316 g/mol. The molecule has 0 aromatic rings. The first-order chi connectivity index (χ1) is 8.54. The van der Waals surface area contributed by atoms with Crippen molar-refractivity contribution in [3.63, 3.8) is 0 Å². The number of hydrogen-bond donors (Lipinski definition) is 0. The summed E-state index contributed by atoms with van der Waals surface area (Å²) in [7, 11) is 0. The summed E-state index contributed by atoms with van der Waals surface area (Å²) >= 11 is 3.48. The predicted octanol–water partition coefficient (Wildman–Crippen LogP) is 2.35. The van der Waals surface area contributed by atoms with Crippen LogP contribution in [-0.2, 0) is 4.79 Å². The Balaban J connectivity index is 1.88. The van der Waals surface area contributed by atoms with Gasteiger partial charge in [-0.1, -0.05) is 36.2 Å². The fraction of sp³-hybridized carbons (Fsp3) is 0.929. The molecular formula is C14H25BrN2O. The molecule has 0 N–H and O–H groups in total. The molecule has 0 aromatic heterocycles. The van der Waals surface area contributed by atoms with E-state index in [1.54, 1.807) is 0 Å². The molecule has 1 aliphatic carbocycles. The molecule has 1 saturated carbocycles. The highest BCUT2D eigenvalue weighted by Crippen LogP contribution is 2.43. The van der Waals surface area contributed by atoms with Gasteiger partial charge in [-0.2, -0.15) is 0 Å². The number of piperazine rings is 1. The molecule has 0 spiro atoms. The summed E-state index contributed by atoms with van der Waals surface area (Å²) in [6.45, 7) is 9.50. The van der Waals surface area contributed by atoms with E-state index in [-0.39, 0.29) is 11.3 Å². The molecule has 2 fully saturated rings. The van der Waals surface area contributed by atoms with Crippen molar-refractivity contribution in [2.24, 2.45) is 11.3 Å². The second kappa shape index (κ2) is 5.91. The summed E-state index contributed by atoms with van der Waals surface area (Å²) in [5, 5.41) is 1.02. The quantitative estimate of drug-likeness (QED) is 0.746. The Morgan fingerprint density at radius 1 is 1.28 bits per heavy atom. The Morgan fingerprint density at radius 2 is 1.94 bits per heavy atom. The Hall–Kier alpha value is -0.0900. The minimum Gasteiger partial charge on any atom is -0.340 e. The molecule has 1 saturated heterocycles. The van der Waals surface area contributed by atoms with Crippen LogP contribution in [-0.4, -0.2) is 53.8 Å². The van der Waals surface area contributed by atoms with Crippen LogP contribution in [0.3, 0.4) is 0 Å². The summed E-state index contributed by atoms with van der Waals surface area (Å²) in [5.74, 6) is 0.677. The number of amides is 1. The normalized spacial score (nSPS) is 28.6. The summed E-state index contributed by atoms with van der Waals surface area (Å²) in [4.78, 5) is 17.1. The maximum absolute atomic E-state index is 12.6. The zero-order valence-electron chi connectivity index (χ0n) is 11.6. The average molecular weight is 317 g/mol. The molecule has 0 aromatic carbocycles. The van der Waals surface area contributed by atoms with Crippen LogP contribution in [0.2, 0.25) is 0 Å². The van der Waals surface area contributed by atoms with Crippen molar-refractivity contribution in [1.82, 2.24) is 9.80 Å². The minimum atomic E-state index is 0.212. The van der Waals surface area contributed by atoms with Crippen LogP contribution >= 0.6 is 15.9 Å². The lowest BCUT2D eigenvalue weighted by atomic mass is 9.81. The SMILES string of the molecule is CC1(C)CCCC1C(=O)N1CCN(CCBr)CC1. The molecule has 1 unspecified atom stereocenters. The van der Waals surface area contributed by atoms with Gasteiger partial charge in [-0.05, 0) is 18.3 Å². The Morgan fingerprint density at radius 3 is 2.44 bits per heavy atom. The predicted molar refractivity (Wildman–Crippen MR) is 77.9 cm³/mol. The molecule has 0 radical (unpaired) electrons. The van der Waals surface area contributed by atoms with Gasteiger partial charge in [-0.3, -0.25) is 9.69 Å². The molecule has 1 aliphatic heterocycles. The molecular weight excluding hydrogens is 292 g/mol. The Bertz CT molecular complexity index is 298. The fourth-order valence-electron chi connectivity index (χ4n) is 3.32. The van der Waals surface area contributed by atoms with E-state index in [0.717, 1.165) is 44.5 Å². The van der Waals surface area contributed by atoms with Gasteiger partial charge in [0.05, 0.1) is 0 Å². The molecule has 1 heterocycles. The summed E-state index contributed by atoms with van der Waals surface area (Å²) in [6.07, 6.45) is 3.51. The van der Waals surface area contributed by atoms with E-state index < -0.39 is 0 Å². The first-order valence-electron chi connectivity index (χ1n) is 7.12. The molecule has 18 heavy (non-hydrogen) atoms.